The molecule has 0 unspecified atom stereocenters. The van der Waals surface area contributed by atoms with E-state index in [-0.39, 0.29) is 11.6 Å². The van der Waals surface area contributed by atoms with E-state index in [9.17, 15) is 9.18 Å². The van der Waals surface area contributed by atoms with E-state index in [2.05, 4.69) is 15.9 Å². The molecule has 0 aliphatic rings. The van der Waals surface area contributed by atoms with Crippen molar-refractivity contribution in [3.63, 3.8) is 0 Å². The van der Waals surface area contributed by atoms with E-state index in [0.717, 1.165) is 0 Å². The number of ketones is 1. The highest BCUT2D eigenvalue weighted by Gasteiger charge is 2.14. The van der Waals surface area contributed by atoms with Gasteiger partial charge < -0.3 is 4.74 Å². The molecule has 0 amide bonds. The summed E-state index contributed by atoms with van der Waals surface area (Å²) in [5.74, 6) is 0.112. The first-order valence-corrected chi connectivity index (χ1v) is 6.46. The quantitative estimate of drug-likeness (QED) is 0.794. The van der Waals surface area contributed by atoms with E-state index in [1.54, 1.807) is 38.3 Å². The Bertz CT molecular complexity index is 638. The predicted molar refractivity (Wildman–Crippen MR) is 75.3 cm³/mol. The molecule has 0 fully saturated rings. The predicted octanol–water partition coefficient (Wildman–Crippen LogP) is 4.14. The fraction of sp³-hybridized carbons (Fsp3) is 0.133. The number of hydrogen-bond acceptors (Lipinski definition) is 2. The van der Waals surface area contributed by atoms with Crippen LogP contribution in [0, 0.1) is 12.7 Å². The van der Waals surface area contributed by atoms with Gasteiger partial charge in [0.15, 0.2) is 5.78 Å². The zero-order chi connectivity index (χ0) is 14.0. The average Bonchev–Trinajstić information content (AvgIpc) is 2.41. The van der Waals surface area contributed by atoms with Crippen molar-refractivity contribution in [1.29, 1.82) is 0 Å². The number of methoxy groups -OCH3 is 1. The van der Waals surface area contributed by atoms with Gasteiger partial charge in [-0.25, -0.2) is 4.39 Å². The molecule has 0 aliphatic heterocycles. The summed E-state index contributed by atoms with van der Waals surface area (Å²) in [6.45, 7) is 1.63. The Kier molecular flexibility index (Phi) is 4.00. The molecule has 0 atom stereocenters. The van der Waals surface area contributed by atoms with E-state index in [0.29, 0.717) is 26.9 Å². The lowest BCUT2D eigenvalue weighted by Crippen LogP contribution is -2.04. The largest absolute Gasteiger partial charge is 0.497 e. The second-order valence-electron chi connectivity index (χ2n) is 4.14. The SMILES string of the molecule is COc1ccc(Br)c(C(=O)c2ccc(F)c(C)c2)c1. The Morgan fingerprint density at radius 1 is 1.21 bits per heavy atom. The normalized spacial score (nSPS) is 10.3. The first kappa shape index (κ1) is 13.7. The van der Waals surface area contributed by atoms with Crippen LogP contribution in [-0.4, -0.2) is 12.9 Å². The number of carbonyl (C=O) groups is 1. The van der Waals surface area contributed by atoms with Crippen molar-refractivity contribution in [2.75, 3.05) is 7.11 Å². The molecule has 98 valence electrons. The van der Waals surface area contributed by atoms with Gasteiger partial charge in [-0.1, -0.05) is 15.9 Å². The molecule has 2 aromatic rings. The Labute approximate surface area is 119 Å². The van der Waals surface area contributed by atoms with Crippen LogP contribution < -0.4 is 4.74 Å². The molecule has 0 bridgehead atoms. The van der Waals surface area contributed by atoms with Crippen molar-refractivity contribution >= 4 is 21.7 Å². The second kappa shape index (κ2) is 5.53. The minimum Gasteiger partial charge on any atom is -0.497 e. The van der Waals surface area contributed by atoms with Gasteiger partial charge in [-0.2, -0.15) is 0 Å². The molecular formula is C15H12BrFO2. The Morgan fingerprint density at radius 3 is 2.58 bits per heavy atom. The fourth-order valence-electron chi connectivity index (χ4n) is 1.75. The van der Waals surface area contributed by atoms with Crippen LogP contribution in [0.5, 0.6) is 5.75 Å². The molecule has 0 heterocycles. The van der Waals surface area contributed by atoms with Gasteiger partial charge in [0.2, 0.25) is 0 Å². The first-order valence-electron chi connectivity index (χ1n) is 5.67. The van der Waals surface area contributed by atoms with E-state index in [1.807, 2.05) is 0 Å². The molecule has 0 spiro atoms. The average molecular weight is 323 g/mol. The lowest BCUT2D eigenvalue weighted by molar-refractivity contribution is 0.103. The number of hydrogen-bond donors (Lipinski definition) is 0. The van der Waals surface area contributed by atoms with Crippen LogP contribution in [0.15, 0.2) is 40.9 Å². The summed E-state index contributed by atoms with van der Waals surface area (Å²) < 4.78 is 19.0. The van der Waals surface area contributed by atoms with Gasteiger partial charge >= 0.3 is 0 Å². The standard InChI is InChI=1S/C15H12BrFO2/c1-9-7-10(3-6-14(9)17)15(18)12-8-11(19-2)4-5-13(12)16/h3-8H,1-2H3. The summed E-state index contributed by atoms with van der Waals surface area (Å²) in [6.07, 6.45) is 0. The first-order chi connectivity index (χ1) is 9.02. The van der Waals surface area contributed by atoms with Crippen LogP contribution in [-0.2, 0) is 0 Å². The molecular weight excluding hydrogens is 311 g/mol. The van der Waals surface area contributed by atoms with Crippen LogP contribution >= 0.6 is 15.9 Å². The highest BCUT2D eigenvalue weighted by Crippen LogP contribution is 2.25. The highest BCUT2D eigenvalue weighted by molar-refractivity contribution is 9.10. The van der Waals surface area contributed by atoms with Gasteiger partial charge in [-0.05, 0) is 48.9 Å². The maximum atomic E-state index is 13.2. The monoisotopic (exact) mass is 322 g/mol. The van der Waals surface area contributed by atoms with Gasteiger partial charge in [0.05, 0.1) is 7.11 Å². The van der Waals surface area contributed by atoms with Crippen molar-refractivity contribution in [3.8, 4) is 5.75 Å². The third-order valence-corrected chi connectivity index (χ3v) is 3.53. The summed E-state index contributed by atoms with van der Waals surface area (Å²) in [7, 11) is 1.54. The summed E-state index contributed by atoms with van der Waals surface area (Å²) in [5.41, 5.74) is 1.39. The number of halogens is 2. The van der Waals surface area contributed by atoms with Crippen molar-refractivity contribution in [1.82, 2.24) is 0 Å². The third kappa shape index (κ3) is 2.84. The molecule has 2 nitrogen and oxygen atoms in total. The zero-order valence-corrected chi connectivity index (χ0v) is 12.1. The Hall–Kier alpha value is -1.68. The molecule has 4 heteroatoms. The molecule has 0 N–H and O–H groups in total. The van der Waals surface area contributed by atoms with Crippen molar-refractivity contribution < 1.29 is 13.9 Å². The third-order valence-electron chi connectivity index (χ3n) is 2.84. The Morgan fingerprint density at radius 2 is 1.95 bits per heavy atom. The molecule has 0 radical (unpaired) electrons. The molecule has 2 rings (SSSR count). The highest BCUT2D eigenvalue weighted by atomic mass is 79.9. The maximum Gasteiger partial charge on any atom is 0.194 e. The van der Waals surface area contributed by atoms with Gasteiger partial charge in [0.25, 0.3) is 0 Å². The number of benzene rings is 2. The van der Waals surface area contributed by atoms with Crippen molar-refractivity contribution in [2.24, 2.45) is 0 Å². The summed E-state index contributed by atoms with van der Waals surface area (Å²) in [6, 6.07) is 9.50. The number of rotatable bonds is 3. The van der Waals surface area contributed by atoms with E-state index in [4.69, 9.17) is 4.74 Å². The van der Waals surface area contributed by atoms with Crippen LogP contribution in [0.1, 0.15) is 21.5 Å². The second-order valence-corrected chi connectivity index (χ2v) is 4.99. The molecule has 0 saturated carbocycles. The van der Waals surface area contributed by atoms with Crippen molar-refractivity contribution in [3.05, 3.63) is 63.4 Å². The lowest BCUT2D eigenvalue weighted by atomic mass is 10.0. The number of ether oxygens (including phenoxy) is 1. The zero-order valence-electron chi connectivity index (χ0n) is 10.5. The van der Waals surface area contributed by atoms with Crippen molar-refractivity contribution in [2.45, 2.75) is 6.92 Å². The Balaban J connectivity index is 2.46. The van der Waals surface area contributed by atoms with Gasteiger partial charge in [0.1, 0.15) is 11.6 Å². The summed E-state index contributed by atoms with van der Waals surface area (Å²) >= 11 is 3.34. The number of aryl methyl sites for hydroxylation is 1. The topological polar surface area (TPSA) is 26.3 Å². The number of carbonyl (C=O) groups excluding carboxylic acids is 1. The van der Waals surface area contributed by atoms with Crippen LogP contribution in [0.25, 0.3) is 0 Å². The van der Waals surface area contributed by atoms with Gasteiger partial charge in [0, 0.05) is 15.6 Å². The van der Waals surface area contributed by atoms with Crippen LogP contribution in [0.2, 0.25) is 0 Å². The van der Waals surface area contributed by atoms with E-state index < -0.39 is 0 Å². The van der Waals surface area contributed by atoms with Gasteiger partial charge in [-0.3, -0.25) is 4.79 Å². The maximum absolute atomic E-state index is 13.2. The molecule has 0 aromatic heterocycles. The lowest BCUT2D eigenvalue weighted by Gasteiger charge is -2.07. The van der Waals surface area contributed by atoms with Gasteiger partial charge in [-0.15, -0.1) is 0 Å². The fourth-order valence-corrected chi connectivity index (χ4v) is 2.17. The van der Waals surface area contributed by atoms with Crippen LogP contribution in [0.4, 0.5) is 4.39 Å². The summed E-state index contributed by atoms with van der Waals surface area (Å²) in [5, 5.41) is 0. The van der Waals surface area contributed by atoms with E-state index >= 15 is 0 Å². The minimum atomic E-state index is -0.318. The molecule has 19 heavy (non-hydrogen) atoms. The molecule has 0 saturated heterocycles. The van der Waals surface area contributed by atoms with E-state index in [1.165, 1.54) is 12.1 Å². The van der Waals surface area contributed by atoms with Crippen LogP contribution in [0.3, 0.4) is 0 Å². The molecule has 2 aromatic carbocycles. The molecule has 0 aliphatic carbocycles. The summed E-state index contributed by atoms with van der Waals surface area (Å²) in [4.78, 5) is 12.4. The smallest absolute Gasteiger partial charge is 0.194 e. The minimum absolute atomic E-state index is 0.172.